The molecule has 0 aliphatic rings. The Labute approximate surface area is 663 Å². The number of hydrogen-bond acceptors (Lipinski definition) is 21. The van der Waals surface area contributed by atoms with Gasteiger partial charge in [-0.1, -0.05) is 49.7 Å². The van der Waals surface area contributed by atoms with Gasteiger partial charge in [0.15, 0.2) is 17.5 Å². The molecule has 0 aliphatic carbocycles. The molecule has 0 radical (unpaired) electrons. The molecule has 9 aromatic rings. The van der Waals surface area contributed by atoms with Gasteiger partial charge < -0.3 is 30.2 Å². The van der Waals surface area contributed by atoms with Crippen LogP contribution in [0.15, 0.2) is 91.8 Å². The predicted molar refractivity (Wildman–Crippen MR) is 421 cm³/mol. The molecule has 6 aromatic heterocycles. The van der Waals surface area contributed by atoms with Crippen LogP contribution in [0.25, 0.3) is 67.5 Å². The lowest BCUT2D eigenvalue weighted by molar-refractivity contribution is 0.166. The number of hydrogen-bond donors (Lipinski definition) is 6. The predicted octanol–water partition coefficient (Wildman–Crippen LogP) is 14.6. The summed E-state index contributed by atoms with van der Waals surface area (Å²) in [4.78, 5) is 60.8. The van der Waals surface area contributed by atoms with E-state index in [1.54, 1.807) is 58.3 Å². The Morgan fingerprint density at radius 2 is 0.727 bits per heavy atom. The Morgan fingerprint density at radius 3 is 0.973 bits per heavy atom. The number of nitrogens with one attached hydrogen (secondary N) is 6. The largest absolute Gasteiger partial charge is 0.453 e. The highest BCUT2D eigenvalue weighted by Gasteiger charge is 2.28. The monoisotopic (exact) mass is 1650 g/mol. The molecule has 3 aromatic carbocycles. The average molecular weight is 1660 g/mol. The molecule has 0 aliphatic heterocycles. The van der Waals surface area contributed by atoms with E-state index in [0.717, 1.165) is 30.9 Å². The number of methoxy groups -OCH3 is 3. The van der Waals surface area contributed by atoms with Gasteiger partial charge in [-0.05, 0) is 136 Å². The van der Waals surface area contributed by atoms with E-state index in [0.29, 0.717) is 78.6 Å². The van der Waals surface area contributed by atoms with E-state index in [1.165, 1.54) is 98.3 Å². The lowest BCUT2D eigenvalue weighted by Gasteiger charge is -2.12. The highest BCUT2D eigenvalue weighted by Crippen LogP contribution is 2.41. The SMILES string of the molecule is C.C.[2H]C(C)(C)n1cc(-c2ccnc(CC[C@H](C)NC(=O)OC)n2)c(-c2cc(Cl)cc(NS(C)(=O)=O)c2F)n1.[2H]C([2H])([2H])C(C)n1cc(-c2ccnc(CC[C@H](C)NC(=O)OC)n2)c(-c2cc(Cl)cc(NS(C)(=O)=O)c2F)n1.[2H]C([2H])([2H])C(C)n1cc(-c2ccnc(CC[C@H](C)NC(=O)OC)n2)c(-c2cc(Cl)cc(NS(C)(=O)=O)c2F)n1. The third kappa shape index (κ3) is 26.2. The van der Waals surface area contributed by atoms with E-state index in [9.17, 15) is 39.6 Å². The number of sulfonamides is 3. The molecule has 6 heterocycles. The fourth-order valence-electron chi connectivity index (χ4n) is 10.1. The normalized spacial score (nSPS) is 14.0. The van der Waals surface area contributed by atoms with E-state index in [1.807, 2.05) is 6.92 Å². The van der Waals surface area contributed by atoms with Crippen LogP contribution >= 0.6 is 34.8 Å². The van der Waals surface area contributed by atoms with Crippen molar-refractivity contribution in [3.63, 3.8) is 0 Å². The Kier molecular flexibility index (Phi) is 28.8. The van der Waals surface area contributed by atoms with Gasteiger partial charge >= 0.3 is 18.3 Å². The summed E-state index contributed by atoms with van der Waals surface area (Å²) in [5.41, 5.74) is 0.685. The molecular weight excluding hydrogens is 1560 g/mol. The maximum Gasteiger partial charge on any atom is 0.407 e. The van der Waals surface area contributed by atoms with Crippen molar-refractivity contribution in [2.45, 2.75) is 152 Å². The summed E-state index contributed by atoms with van der Waals surface area (Å²) in [7, 11) is -7.64. The van der Waals surface area contributed by atoms with Crippen LogP contribution in [0.4, 0.5) is 44.6 Å². The summed E-state index contributed by atoms with van der Waals surface area (Å²) in [6, 6.07) is 8.01. The first-order valence-corrected chi connectivity index (χ1v) is 39.4. The molecule has 598 valence electrons. The number of alkyl carbamates (subject to hydrolysis) is 3. The zero-order valence-electron chi connectivity index (χ0n) is 67.5. The van der Waals surface area contributed by atoms with Crippen molar-refractivity contribution < 1.29 is 76.6 Å². The van der Waals surface area contributed by atoms with E-state index in [2.05, 4.69) is 89.5 Å². The van der Waals surface area contributed by atoms with Gasteiger partial charge in [0.2, 0.25) is 30.1 Å². The second kappa shape index (κ2) is 39.7. The van der Waals surface area contributed by atoms with Gasteiger partial charge in [-0.15, -0.1) is 0 Å². The van der Waals surface area contributed by atoms with Crippen LogP contribution in [0.3, 0.4) is 0 Å². The van der Waals surface area contributed by atoms with E-state index in [4.69, 9.17) is 44.4 Å². The highest BCUT2D eigenvalue weighted by atomic mass is 35.5. The van der Waals surface area contributed by atoms with Crippen LogP contribution in [0.5, 0.6) is 0 Å². The summed E-state index contributed by atoms with van der Waals surface area (Å²) >= 11 is 18.6. The second-order valence-corrected chi connectivity index (χ2v) is 31.3. The van der Waals surface area contributed by atoms with Gasteiger partial charge in [0.25, 0.3) is 0 Å². The summed E-state index contributed by atoms with van der Waals surface area (Å²) in [5.74, 6) is -1.46. The lowest BCUT2D eigenvalue weighted by Crippen LogP contribution is -2.32. The van der Waals surface area contributed by atoms with Crippen molar-refractivity contribution in [2.75, 3.05) is 54.3 Å². The Morgan fingerprint density at radius 1 is 0.464 bits per heavy atom. The summed E-state index contributed by atoms with van der Waals surface area (Å²) in [6.45, 7) is 6.68. The molecule has 5 atom stereocenters. The number of aromatic nitrogens is 12. The van der Waals surface area contributed by atoms with Gasteiger partial charge in [-0.3, -0.25) is 28.2 Å². The highest BCUT2D eigenvalue weighted by molar-refractivity contribution is 7.92. The fraction of sp³-hybridized carbons (Fsp3) is 0.408. The van der Waals surface area contributed by atoms with Crippen molar-refractivity contribution in [2.24, 2.45) is 0 Å². The van der Waals surface area contributed by atoms with Gasteiger partial charge in [0.1, 0.15) is 34.6 Å². The molecule has 0 saturated carbocycles. The molecule has 110 heavy (non-hydrogen) atoms. The number of anilines is 3. The van der Waals surface area contributed by atoms with E-state index in [-0.39, 0.29) is 110 Å². The maximum absolute atomic E-state index is 15.6. The quantitative estimate of drug-likeness (QED) is 0.0260. The molecule has 9 rings (SSSR count). The maximum atomic E-state index is 15.6. The van der Waals surface area contributed by atoms with Gasteiger partial charge in [0.05, 0.1) is 75.6 Å². The molecule has 30 nitrogen and oxygen atoms in total. The first-order valence-electron chi connectivity index (χ1n) is 36.1. The van der Waals surface area contributed by atoms with Crippen molar-refractivity contribution in [1.29, 1.82) is 0 Å². The first-order chi connectivity index (χ1) is 53.3. The Balaban J connectivity index is 0.000000310. The Hall–Kier alpha value is -9.75. The molecule has 0 fully saturated rings. The number of aryl methyl sites for hydroxylation is 3. The molecule has 0 saturated heterocycles. The number of benzene rings is 3. The minimum Gasteiger partial charge on any atom is -0.453 e. The second-order valence-electron chi connectivity index (χ2n) is 24.7. The summed E-state index contributed by atoms with van der Waals surface area (Å²) in [6.07, 6.45) is 12.7. The van der Waals surface area contributed by atoms with Crippen LogP contribution in [0, 0.1) is 17.5 Å². The van der Waals surface area contributed by atoms with Crippen molar-refractivity contribution in [3.8, 4) is 67.5 Å². The number of ether oxygens (including phenoxy) is 3. The zero-order valence-corrected chi connectivity index (χ0v) is 65.3. The van der Waals surface area contributed by atoms with Crippen LogP contribution in [-0.2, 0) is 63.5 Å². The van der Waals surface area contributed by atoms with Crippen molar-refractivity contribution in [3.05, 3.63) is 142 Å². The molecule has 2 unspecified atom stereocenters. The van der Waals surface area contributed by atoms with Gasteiger partial charge in [-0.2, -0.15) is 15.3 Å². The number of halogens is 6. The minimum atomic E-state index is -3.84. The summed E-state index contributed by atoms with van der Waals surface area (Å²) in [5, 5.41) is 21.3. The number of carbonyl (C=O) groups is 3. The van der Waals surface area contributed by atoms with Gasteiger partial charge in [-0.25, -0.2) is 82.7 Å². The van der Waals surface area contributed by atoms with Crippen LogP contribution < -0.4 is 30.1 Å². The standard InChI is InChI=1S/3C23H28ClFN6O4S.2CH4/c3*1-13(2)31-12-17(18-8-9-26-20(28-18)7-6-14(3)27-23(32)35-4)22(29-31)16-10-15(24)11-19(21(16)25)30-36(5,33)34;;/h3*8-14,30H,6-7H2,1-5H3,(H,27,32);2*1H4/t3*14-;;/m000../s1/i13D;2*1D3;;/tm;2*13?,14-;;. The zero-order chi connectivity index (χ0) is 85.8. The lowest BCUT2D eigenvalue weighted by atomic mass is 10.0. The Bertz CT molecular complexity index is 5160. The van der Waals surface area contributed by atoms with Crippen LogP contribution in [-0.4, -0.2) is 161 Å². The number of carbonyl (C=O) groups excluding carboxylic acids is 3. The molecule has 0 spiro atoms. The minimum absolute atomic E-state index is 0. The number of amides is 3. The number of rotatable bonds is 27. The van der Waals surface area contributed by atoms with Gasteiger partial charge in [0, 0.05) is 149 Å². The van der Waals surface area contributed by atoms with Crippen molar-refractivity contribution >= 4 is 100 Å². The van der Waals surface area contributed by atoms with Crippen LogP contribution in [0.1, 0.15) is 141 Å². The van der Waals surface area contributed by atoms with Crippen molar-refractivity contribution in [1.82, 2.24) is 75.2 Å². The van der Waals surface area contributed by atoms with E-state index >= 15 is 13.2 Å². The topological polar surface area (TPSA) is 384 Å². The smallest absolute Gasteiger partial charge is 0.407 e. The molecule has 0 bridgehead atoms. The molecule has 39 heteroatoms. The fourth-order valence-corrected chi connectivity index (χ4v) is 12.4. The molecular formula is C71H92Cl3F3N18O12S3. The summed E-state index contributed by atoms with van der Waals surface area (Å²) < 4.78 is 196. The first kappa shape index (κ1) is 79.8. The number of nitrogens with zero attached hydrogens (tertiary/aromatic N) is 12. The molecule has 3 amide bonds. The van der Waals surface area contributed by atoms with Crippen LogP contribution in [0.2, 0.25) is 15.1 Å². The van der Waals surface area contributed by atoms with E-state index < -0.39 is 97.6 Å². The third-order valence-electron chi connectivity index (χ3n) is 15.2. The molecule has 6 N–H and O–H groups in total. The average Bonchev–Trinajstić information content (AvgIpc) is 1.66. The third-order valence-corrected chi connectivity index (χ3v) is 17.6.